The maximum atomic E-state index is 7.64. The van der Waals surface area contributed by atoms with Crippen molar-refractivity contribution in [2.45, 2.75) is 13.8 Å². The van der Waals surface area contributed by atoms with Crippen molar-refractivity contribution in [3.05, 3.63) is 0 Å². The van der Waals surface area contributed by atoms with E-state index < -0.39 is 0 Å². The molecule has 0 fully saturated rings. The standard InChI is InChI=1S/2C2H4O2.Mo/c2*1-2(3)4;/h2*1H3,(H,3,4);/q;;+2/p+4. The van der Waals surface area contributed by atoms with E-state index in [1.54, 1.807) is 0 Å². The Hall–Kier alpha value is -0.372. The maximum absolute atomic E-state index is 7.64. The molecule has 0 aromatic heterocycles. The van der Waals surface area contributed by atoms with Gasteiger partial charge in [-0.2, -0.15) is 0 Å². The van der Waals surface area contributed by atoms with Gasteiger partial charge in [0.15, 0.2) is 0 Å². The van der Waals surface area contributed by atoms with Crippen LogP contribution in [0.1, 0.15) is 13.8 Å². The number of rotatable bonds is 0. The van der Waals surface area contributed by atoms with Crippen molar-refractivity contribution in [3.63, 3.8) is 0 Å². The minimum atomic E-state index is -0.333. The van der Waals surface area contributed by atoms with Gasteiger partial charge < -0.3 is 10.2 Å². The van der Waals surface area contributed by atoms with Crippen molar-refractivity contribution in [1.82, 2.24) is 0 Å². The van der Waals surface area contributed by atoms with Crippen LogP contribution >= 0.6 is 0 Å². The second-order valence-corrected chi connectivity index (χ2v) is 1.17. The summed E-state index contributed by atoms with van der Waals surface area (Å²) in [5.41, 5.74) is 0. The first-order valence-corrected chi connectivity index (χ1v) is 1.95. The zero-order valence-electron chi connectivity index (χ0n) is 5.30. The summed E-state index contributed by atoms with van der Waals surface area (Å²) in [7, 11) is 0. The van der Waals surface area contributed by atoms with E-state index in [2.05, 4.69) is 0 Å². The predicted octanol–water partition coefficient (Wildman–Crippen LogP) is -1.54. The minimum absolute atomic E-state index is 0. The quantitative estimate of drug-likeness (QED) is 0.350. The molecule has 0 rings (SSSR count). The molecule has 0 aliphatic carbocycles. The molecule has 0 aromatic carbocycles. The summed E-state index contributed by atoms with van der Waals surface area (Å²) in [6.45, 7) is 2.61. The molecule has 0 heterocycles. The molecule has 0 aliphatic heterocycles. The van der Waals surface area contributed by atoms with Crippen molar-refractivity contribution in [3.8, 4) is 0 Å². The summed E-state index contributed by atoms with van der Waals surface area (Å²) in [4.78, 5) is 15.3. The predicted molar refractivity (Wildman–Crippen MR) is 32.5 cm³/mol. The van der Waals surface area contributed by atoms with Crippen LogP contribution in [0.3, 0.4) is 0 Å². The van der Waals surface area contributed by atoms with Gasteiger partial charge in [0.1, 0.15) is 13.8 Å². The van der Waals surface area contributed by atoms with Gasteiger partial charge in [-0.1, -0.05) is 0 Å². The average Bonchev–Trinajstić information content (AvgIpc) is 1.25. The molecule has 5 heteroatoms. The molecule has 0 saturated carbocycles. The molecule has 0 amide bonds. The summed E-state index contributed by atoms with van der Waals surface area (Å²) in [5, 5.41) is 12.1. The van der Waals surface area contributed by atoms with E-state index in [9.17, 15) is 0 Å². The smallest absolute Gasteiger partial charge is 0.524 e. The zero-order chi connectivity index (χ0) is 7.15. The number of carbonyl (C=O) groups excluding carboxylic acids is 2. The zero-order valence-corrected chi connectivity index (χ0v) is 7.31. The molecule has 0 aromatic rings. The molecule has 0 radical (unpaired) electrons. The summed E-state index contributed by atoms with van der Waals surface area (Å²) < 4.78 is 0. The molecule has 52 valence electrons. The summed E-state index contributed by atoms with van der Waals surface area (Å²) in [6, 6.07) is 0. The van der Waals surface area contributed by atoms with E-state index in [1.165, 1.54) is 13.8 Å². The van der Waals surface area contributed by atoms with E-state index in [0.29, 0.717) is 0 Å². The molecule has 4 nitrogen and oxygen atoms in total. The molecular formula is C4H12MoO4+6. The fraction of sp³-hybridized carbons (Fsp3) is 0.500. The monoisotopic (exact) mass is 222 g/mol. The fourth-order valence-corrected chi connectivity index (χ4v) is 0. The Balaban J connectivity index is -0.0000000720. The SMILES string of the molecule is CC(=[OH+])[OH2+].CC(=[OH+])[OH2+].[Mo+2]. The number of hydrogen-bond donors (Lipinski definition) is 0. The van der Waals surface area contributed by atoms with Gasteiger partial charge in [-0.15, -0.1) is 0 Å². The maximum Gasteiger partial charge on any atom is 2.00 e. The third-order valence-electron chi connectivity index (χ3n) is 0. The van der Waals surface area contributed by atoms with Crippen molar-refractivity contribution >= 4 is 11.9 Å². The first kappa shape index (κ1) is 15.8. The van der Waals surface area contributed by atoms with Gasteiger partial charge in [0.25, 0.3) is 0 Å². The largest absolute Gasteiger partial charge is 2.00 e. The fourth-order valence-electron chi connectivity index (χ4n) is 0. The molecule has 0 bridgehead atoms. The minimum Gasteiger partial charge on any atom is -0.524 e. The first-order chi connectivity index (χ1) is 3.46. The Bertz CT molecular complexity index is 70.6. The molecule has 0 atom stereocenters. The number of hydrogen-bond acceptors (Lipinski definition) is 0. The topological polar surface area (TPSA) is 88.6 Å². The Morgan fingerprint density at radius 2 is 1.00 bits per heavy atom. The first-order valence-electron chi connectivity index (χ1n) is 1.95. The van der Waals surface area contributed by atoms with Crippen LogP contribution in [0.2, 0.25) is 0 Å². The Morgan fingerprint density at radius 1 is 1.00 bits per heavy atom. The van der Waals surface area contributed by atoms with Crippen LogP contribution in [-0.4, -0.2) is 31.7 Å². The molecule has 0 saturated heterocycles. The van der Waals surface area contributed by atoms with Crippen LogP contribution in [0.5, 0.6) is 0 Å². The van der Waals surface area contributed by atoms with E-state index in [1.807, 2.05) is 0 Å². The second kappa shape index (κ2) is 10.6. The van der Waals surface area contributed by atoms with Gasteiger partial charge in [-0.3, -0.25) is 0 Å². The molecule has 0 unspecified atom stereocenters. The third kappa shape index (κ3) is 1750. The summed E-state index contributed by atoms with van der Waals surface area (Å²) in [5.74, 6) is -0.667. The van der Waals surface area contributed by atoms with Gasteiger partial charge in [0.2, 0.25) is 0 Å². The van der Waals surface area contributed by atoms with Crippen LogP contribution in [0.25, 0.3) is 0 Å². The van der Waals surface area contributed by atoms with Gasteiger partial charge in [0.05, 0.1) is 0 Å². The molecular weight excluding hydrogens is 208 g/mol. The molecule has 9 heavy (non-hydrogen) atoms. The van der Waals surface area contributed by atoms with Crippen LogP contribution in [-0.2, 0) is 21.1 Å². The molecule has 0 spiro atoms. The van der Waals surface area contributed by atoms with Crippen molar-refractivity contribution < 1.29 is 40.9 Å². The summed E-state index contributed by atoms with van der Waals surface area (Å²) >= 11 is 0. The van der Waals surface area contributed by atoms with Crippen LogP contribution in [0, 0.1) is 0 Å². The van der Waals surface area contributed by atoms with Gasteiger partial charge in [0, 0.05) is 0 Å². The Morgan fingerprint density at radius 3 is 1.00 bits per heavy atom. The Labute approximate surface area is 67.1 Å². The van der Waals surface area contributed by atoms with Gasteiger partial charge >= 0.3 is 33.0 Å². The second-order valence-electron chi connectivity index (χ2n) is 1.17. The van der Waals surface area contributed by atoms with Crippen molar-refractivity contribution in [2.24, 2.45) is 0 Å². The van der Waals surface area contributed by atoms with E-state index in [0.717, 1.165) is 0 Å². The molecule has 0 aliphatic rings. The van der Waals surface area contributed by atoms with Crippen LogP contribution in [0.15, 0.2) is 0 Å². The normalized spacial score (nSPS) is 5.56. The van der Waals surface area contributed by atoms with E-state index in [4.69, 9.17) is 19.8 Å². The van der Waals surface area contributed by atoms with Crippen LogP contribution in [0.4, 0.5) is 0 Å². The summed E-state index contributed by atoms with van der Waals surface area (Å²) in [6.07, 6.45) is 0. The van der Waals surface area contributed by atoms with Crippen LogP contribution < -0.4 is 0 Å². The van der Waals surface area contributed by atoms with Crippen molar-refractivity contribution in [2.75, 3.05) is 0 Å². The van der Waals surface area contributed by atoms with Crippen molar-refractivity contribution in [1.29, 1.82) is 0 Å². The van der Waals surface area contributed by atoms with E-state index in [-0.39, 0.29) is 33.0 Å². The third-order valence-corrected chi connectivity index (χ3v) is 0. The van der Waals surface area contributed by atoms with Gasteiger partial charge in [-0.25, -0.2) is 9.59 Å². The van der Waals surface area contributed by atoms with Gasteiger partial charge in [-0.05, 0) is 0 Å². The molecule has 6 N–H and O–H groups in total. The van der Waals surface area contributed by atoms with E-state index >= 15 is 0 Å². The average molecular weight is 220 g/mol. The Kier molecular flexibility index (Phi) is 18.6.